The zero-order valence-electron chi connectivity index (χ0n) is 10.00. The van der Waals surface area contributed by atoms with Gasteiger partial charge < -0.3 is 10.0 Å². The van der Waals surface area contributed by atoms with Crippen LogP contribution in [0.1, 0.15) is 23.7 Å². The van der Waals surface area contributed by atoms with Crippen molar-refractivity contribution < 1.29 is 9.90 Å². The summed E-state index contributed by atoms with van der Waals surface area (Å²) in [7, 11) is 0. The van der Waals surface area contributed by atoms with Crippen LogP contribution in [0.5, 0.6) is 0 Å². The zero-order chi connectivity index (χ0) is 12.7. The number of carbonyl (C=O) groups is 1. The first kappa shape index (κ1) is 11.0. The van der Waals surface area contributed by atoms with Crippen LogP contribution in [0, 0.1) is 0 Å². The first-order valence-electron chi connectivity index (χ1n) is 5.92. The Morgan fingerprint density at radius 2 is 2.33 bits per heavy atom. The molecule has 0 amide bonds. The lowest BCUT2D eigenvalue weighted by Gasteiger charge is -2.38. The summed E-state index contributed by atoms with van der Waals surface area (Å²) in [5, 5.41) is 9.68. The fourth-order valence-electron chi connectivity index (χ4n) is 2.18. The van der Waals surface area contributed by atoms with Crippen molar-refractivity contribution in [1.82, 2.24) is 9.97 Å². The van der Waals surface area contributed by atoms with E-state index in [0.29, 0.717) is 22.9 Å². The molecule has 1 saturated heterocycles. The molecule has 1 unspecified atom stereocenters. The number of carboxylic acids is 1. The van der Waals surface area contributed by atoms with Crippen LogP contribution in [0.2, 0.25) is 0 Å². The number of aromatic carboxylic acids is 1. The summed E-state index contributed by atoms with van der Waals surface area (Å²) in [6.07, 6.45) is 2.75. The minimum Gasteiger partial charge on any atom is -0.478 e. The van der Waals surface area contributed by atoms with Gasteiger partial charge in [-0.25, -0.2) is 14.8 Å². The molecule has 92 valence electrons. The molecule has 2 aromatic rings. The van der Waals surface area contributed by atoms with E-state index in [1.165, 1.54) is 0 Å². The quantitative estimate of drug-likeness (QED) is 0.872. The highest BCUT2D eigenvalue weighted by atomic mass is 16.4. The third-order valence-electron chi connectivity index (χ3n) is 3.42. The molecule has 1 N–H and O–H groups in total. The van der Waals surface area contributed by atoms with Crippen molar-refractivity contribution >= 4 is 22.8 Å². The van der Waals surface area contributed by atoms with Gasteiger partial charge in [0.2, 0.25) is 5.95 Å². The summed E-state index contributed by atoms with van der Waals surface area (Å²) in [6.45, 7) is 3.09. The summed E-state index contributed by atoms with van der Waals surface area (Å²) in [5.74, 6) is -0.266. The number of hydrogen-bond donors (Lipinski definition) is 1. The van der Waals surface area contributed by atoms with E-state index < -0.39 is 5.97 Å². The van der Waals surface area contributed by atoms with Gasteiger partial charge in [0, 0.05) is 24.2 Å². The number of rotatable bonds is 2. The number of nitrogens with zero attached hydrogens (tertiary/aromatic N) is 3. The largest absolute Gasteiger partial charge is 0.478 e. The lowest BCUT2D eigenvalue weighted by Crippen LogP contribution is -2.46. The second-order valence-corrected chi connectivity index (χ2v) is 4.54. The van der Waals surface area contributed by atoms with Gasteiger partial charge in [0.25, 0.3) is 0 Å². The predicted molar refractivity (Wildman–Crippen MR) is 67.9 cm³/mol. The topological polar surface area (TPSA) is 66.3 Å². The van der Waals surface area contributed by atoms with Crippen molar-refractivity contribution in [2.45, 2.75) is 19.4 Å². The van der Waals surface area contributed by atoms with E-state index in [0.717, 1.165) is 13.0 Å². The van der Waals surface area contributed by atoms with Crippen molar-refractivity contribution in [3.8, 4) is 0 Å². The highest BCUT2D eigenvalue weighted by Crippen LogP contribution is 2.25. The van der Waals surface area contributed by atoms with E-state index in [9.17, 15) is 4.79 Å². The molecule has 0 bridgehead atoms. The van der Waals surface area contributed by atoms with Crippen LogP contribution >= 0.6 is 0 Å². The number of aromatic nitrogens is 2. The molecule has 0 saturated carbocycles. The zero-order valence-corrected chi connectivity index (χ0v) is 10.00. The maximum Gasteiger partial charge on any atom is 0.336 e. The van der Waals surface area contributed by atoms with Crippen molar-refractivity contribution in [2.75, 3.05) is 11.4 Å². The van der Waals surface area contributed by atoms with Crippen LogP contribution in [0.3, 0.4) is 0 Å². The standard InChI is InChI=1S/C13H13N3O2/c1-8-5-6-16(8)13-14-7-10-9(12(17)18)3-2-4-11(10)15-13/h2-4,7-8H,5-6H2,1H3,(H,17,18). The van der Waals surface area contributed by atoms with Gasteiger partial charge in [0.1, 0.15) is 0 Å². The Kier molecular flexibility index (Phi) is 2.40. The summed E-state index contributed by atoms with van der Waals surface area (Å²) in [5.41, 5.74) is 0.926. The Labute approximate surface area is 104 Å². The van der Waals surface area contributed by atoms with Crippen molar-refractivity contribution in [3.63, 3.8) is 0 Å². The van der Waals surface area contributed by atoms with Gasteiger partial charge in [-0.1, -0.05) is 6.07 Å². The van der Waals surface area contributed by atoms with Crippen molar-refractivity contribution in [2.24, 2.45) is 0 Å². The molecule has 0 radical (unpaired) electrons. The maximum absolute atomic E-state index is 11.1. The number of benzene rings is 1. The molecule has 1 aromatic carbocycles. The molecule has 5 nitrogen and oxygen atoms in total. The number of hydrogen-bond acceptors (Lipinski definition) is 4. The average Bonchev–Trinajstić information content (AvgIpc) is 2.35. The Bertz CT molecular complexity index is 627. The minimum absolute atomic E-state index is 0.246. The Hall–Kier alpha value is -2.17. The average molecular weight is 243 g/mol. The van der Waals surface area contributed by atoms with Crippen LogP contribution in [0.4, 0.5) is 5.95 Å². The molecule has 0 spiro atoms. The van der Waals surface area contributed by atoms with Crippen molar-refractivity contribution in [3.05, 3.63) is 30.0 Å². The molecule has 2 heterocycles. The third-order valence-corrected chi connectivity index (χ3v) is 3.42. The molecule has 1 aliphatic rings. The summed E-state index contributed by atoms with van der Waals surface area (Å²) in [6, 6.07) is 5.56. The van der Waals surface area contributed by atoms with Gasteiger partial charge in [-0.2, -0.15) is 0 Å². The van der Waals surface area contributed by atoms with Crippen LogP contribution in [0.15, 0.2) is 24.4 Å². The van der Waals surface area contributed by atoms with Gasteiger partial charge in [-0.05, 0) is 25.5 Å². The molecular formula is C13H13N3O2. The third kappa shape index (κ3) is 1.59. The molecule has 1 atom stereocenters. The summed E-state index contributed by atoms with van der Waals surface area (Å²) >= 11 is 0. The second-order valence-electron chi connectivity index (χ2n) is 4.54. The smallest absolute Gasteiger partial charge is 0.336 e. The van der Waals surface area contributed by atoms with Crippen LogP contribution in [-0.4, -0.2) is 33.6 Å². The normalized spacial score (nSPS) is 18.7. The lowest BCUT2D eigenvalue weighted by atomic mass is 10.1. The van der Waals surface area contributed by atoms with E-state index in [-0.39, 0.29) is 5.56 Å². The molecule has 1 aromatic heterocycles. The fourth-order valence-corrected chi connectivity index (χ4v) is 2.18. The molecule has 18 heavy (non-hydrogen) atoms. The fraction of sp³-hybridized carbons (Fsp3) is 0.308. The summed E-state index contributed by atoms with van der Waals surface area (Å²) in [4.78, 5) is 21.9. The SMILES string of the molecule is CC1CCN1c1ncc2c(C(=O)O)cccc2n1. The Balaban J connectivity index is 2.10. The van der Waals surface area contributed by atoms with E-state index in [4.69, 9.17) is 5.11 Å². The Morgan fingerprint density at radius 1 is 1.50 bits per heavy atom. The highest BCUT2D eigenvalue weighted by molar-refractivity contribution is 6.02. The van der Waals surface area contributed by atoms with E-state index >= 15 is 0 Å². The van der Waals surface area contributed by atoms with E-state index in [1.54, 1.807) is 18.3 Å². The molecular weight excluding hydrogens is 230 g/mol. The first-order chi connectivity index (χ1) is 8.66. The highest BCUT2D eigenvalue weighted by Gasteiger charge is 2.26. The minimum atomic E-state index is -0.950. The number of carboxylic acid groups (broad SMARTS) is 1. The maximum atomic E-state index is 11.1. The molecule has 1 aliphatic heterocycles. The van der Waals surface area contributed by atoms with Gasteiger partial charge >= 0.3 is 5.97 Å². The molecule has 0 aliphatic carbocycles. The van der Waals surface area contributed by atoms with Gasteiger partial charge in [0.05, 0.1) is 11.1 Å². The van der Waals surface area contributed by atoms with E-state index in [2.05, 4.69) is 21.8 Å². The summed E-state index contributed by atoms with van der Waals surface area (Å²) < 4.78 is 0. The first-order valence-corrected chi connectivity index (χ1v) is 5.92. The second kappa shape index (κ2) is 3.94. The molecule has 3 rings (SSSR count). The van der Waals surface area contributed by atoms with E-state index in [1.807, 2.05) is 6.07 Å². The Morgan fingerprint density at radius 3 is 2.94 bits per heavy atom. The molecule has 5 heteroatoms. The van der Waals surface area contributed by atoms with Crippen LogP contribution in [-0.2, 0) is 0 Å². The van der Waals surface area contributed by atoms with Gasteiger partial charge in [0.15, 0.2) is 0 Å². The van der Waals surface area contributed by atoms with Crippen LogP contribution < -0.4 is 4.90 Å². The van der Waals surface area contributed by atoms with Gasteiger partial charge in [-0.3, -0.25) is 0 Å². The number of fused-ring (bicyclic) bond motifs is 1. The van der Waals surface area contributed by atoms with Crippen molar-refractivity contribution in [1.29, 1.82) is 0 Å². The monoisotopic (exact) mass is 243 g/mol. The van der Waals surface area contributed by atoms with Crippen LogP contribution in [0.25, 0.3) is 10.9 Å². The lowest BCUT2D eigenvalue weighted by molar-refractivity contribution is 0.0699. The van der Waals surface area contributed by atoms with Gasteiger partial charge in [-0.15, -0.1) is 0 Å². The number of anilines is 1. The predicted octanol–water partition coefficient (Wildman–Crippen LogP) is 1.93. The molecule has 1 fully saturated rings.